The van der Waals surface area contributed by atoms with E-state index in [0.29, 0.717) is 0 Å². The predicted octanol–water partition coefficient (Wildman–Crippen LogP) is 3.48. The van der Waals surface area contributed by atoms with Crippen LogP contribution < -0.4 is 5.73 Å². The lowest BCUT2D eigenvalue weighted by atomic mass is 10.3. The van der Waals surface area contributed by atoms with Gasteiger partial charge in [0.2, 0.25) is 0 Å². The maximum absolute atomic E-state index is 5.67. The summed E-state index contributed by atoms with van der Waals surface area (Å²) in [6.07, 6.45) is 1.82. The van der Waals surface area contributed by atoms with Crippen LogP contribution in [0.4, 0.5) is 5.69 Å². The lowest BCUT2D eigenvalue weighted by Crippen LogP contribution is -1.86. The normalized spacial score (nSPS) is 10.4. The molecule has 72 valence electrons. The highest BCUT2D eigenvalue weighted by Gasteiger charge is 2.03. The van der Waals surface area contributed by atoms with Crippen LogP contribution in [0.25, 0.3) is 0 Å². The first-order valence-corrected chi connectivity index (χ1v) is 6.65. The molecular formula is C9H7IN2S2. The molecule has 0 fully saturated rings. The van der Waals surface area contributed by atoms with Crippen molar-refractivity contribution in [3.63, 3.8) is 0 Å². The smallest absolute Gasteiger partial charge is 0.154 e. The second-order valence-corrected chi connectivity index (χ2v) is 5.94. The molecule has 2 rings (SSSR count). The van der Waals surface area contributed by atoms with Crippen molar-refractivity contribution >= 4 is 51.4 Å². The standard InChI is InChI=1S/C9H7IN2S2/c10-7-5-6(11)1-2-8(7)14-9-12-3-4-13-9/h1-5H,11H2. The zero-order chi connectivity index (χ0) is 9.97. The van der Waals surface area contributed by atoms with Gasteiger partial charge in [0.05, 0.1) is 0 Å². The molecular weight excluding hydrogens is 327 g/mol. The lowest BCUT2D eigenvalue weighted by Gasteiger charge is -2.02. The Morgan fingerprint density at radius 1 is 1.43 bits per heavy atom. The van der Waals surface area contributed by atoms with Crippen molar-refractivity contribution in [1.82, 2.24) is 4.98 Å². The summed E-state index contributed by atoms with van der Waals surface area (Å²) in [4.78, 5) is 5.43. The largest absolute Gasteiger partial charge is 0.399 e. The number of halogens is 1. The quantitative estimate of drug-likeness (QED) is 0.675. The monoisotopic (exact) mass is 334 g/mol. The van der Waals surface area contributed by atoms with Crippen LogP contribution in [0.3, 0.4) is 0 Å². The number of benzene rings is 1. The molecule has 2 aromatic rings. The molecule has 1 heterocycles. The molecule has 2 N–H and O–H groups in total. The maximum Gasteiger partial charge on any atom is 0.154 e. The molecule has 0 saturated heterocycles. The highest BCUT2D eigenvalue weighted by Crippen LogP contribution is 2.33. The van der Waals surface area contributed by atoms with Crippen LogP contribution in [-0.2, 0) is 0 Å². The number of nitrogen functional groups attached to an aromatic ring is 1. The Morgan fingerprint density at radius 3 is 2.93 bits per heavy atom. The molecule has 0 aliphatic carbocycles. The SMILES string of the molecule is Nc1ccc(Sc2nccs2)c(I)c1. The second kappa shape index (κ2) is 4.50. The third-order valence-electron chi connectivity index (χ3n) is 1.56. The fraction of sp³-hybridized carbons (Fsp3) is 0. The zero-order valence-electron chi connectivity index (χ0n) is 7.11. The van der Waals surface area contributed by atoms with Crippen LogP contribution in [-0.4, -0.2) is 4.98 Å². The number of nitrogens with zero attached hydrogens (tertiary/aromatic N) is 1. The minimum absolute atomic E-state index is 0.804. The van der Waals surface area contributed by atoms with Crippen LogP contribution in [0, 0.1) is 3.57 Å². The van der Waals surface area contributed by atoms with Gasteiger partial charge in [-0.2, -0.15) is 0 Å². The van der Waals surface area contributed by atoms with Crippen molar-refractivity contribution in [1.29, 1.82) is 0 Å². The topological polar surface area (TPSA) is 38.9 Å². The fourth-order valence-electron chi connectivity index (χ4n) is 0.955. The Kier molecular flexibility index (Phi) is 3.30. The van der Waals surface area contributed by atoms with Gasteiger partial charge in [-0.05, 0) is 40.8 Å². The summed E-state index contributed by atoms with van der Waals surface area (Å²) in [5.74, 6) is 0. The summed E-state index contributed by atoms with van der Waals surface area (Å²) in [5, 5.41) is 1.98. The van der Waals surface area contributed by atoms with E-state index in [0.717, 1.165) is 10.0 Å². The summed E-state index contributed by atoms with van der Waals surface area (Å²) >= 11 is 5.61. The molecule has 2 nitrogen and oxygen atoms in total. The van der Waals surface area contributed by atoms with Crippen molar-refractivity contribution < 1.29 is 0 Å². The number of hydrogen-bond acceptors (Lipinski definition) is 4. The van der Waals surface area contributed by atoms with E-state index in [2.05, 4.69) is 27.6 Å². The van der Waals surface area contributed by atoms with Crippen molar-refractivity contribution in [2.45, 2.75) is 9.24 Å². The predicted molar refractivity (Wildman–Crippen MR) is 69.8 cm³/mol. The molecule has 0 aliphatic heterocycles. The van der Waals surface area contributed by atoms with Gasteiger partial charge in [-0.15, -0.1) is 11.3 Å². The zero-order valence-corrected chi connectivity index (χ0v) is 10.9. The molecule has 0 aliphatic rings. The van der Waals surface area contributed by atoms with E-state index < -0.39 is 0 Å². The molecule has 0 amide bonds. The summed E-state index contributed by atoms with van der Waals surface area (Å²) in [5.41, 5.74) is 6.48. The number of aromatic nitrogens is 1. The summed E-state index contributed by atoms with van der Waals surface area (Å²) in [6.45, 7) is 0. The molecule has 1 aromatic carbocycles. The van der Waals surface area contributed by atoms with Crippen LogP contribution >= 0.6 is 45.7 Å². The van der Waals surface area contributed by atoms with E-state index in [4.69, 9.17) is 5.73 Å². The minimum Gasteiger partial charge on any atom is -0.399 e. The molecule has 0 bridgehead atoms. The molecule has 0 radical (unpaired) electrons. The van der Waals surface area contributed by atoms with Crippen molar-refractivity contribution in [2.75, 3.05) is 5.73 Å². The second-order valence-electron chi connectivity index (χ2n) is 2.59. The first kappa shape index (κ1) is 10.3. The first-order chi connectivity index (χ1) is 6.75. The van der Waals surface area contributed by atoms with Crippen LogP contribution in [0.5, 0.6) is 0 Å². The Labute approximate surface area is 104 Å². The third kappa shape index (κ3) is 2.40. The van der Waals surface area contributed by atoms with Gasteiger partial charge in [0.15, 0.2) is 4.34 Å². The Balaban J connectivity index is 2.25. The Hall–Kier alpha value is -0.270. The molecule has 0 atom stereocenters. The summed E-state index contributed by atoms with van der Waals surface area (Å²) in [6, 6.07) is 5.91. The molecule has 0 unspecified atom stereocenters. The van der Waals surface area contributed by atoms with Gasteiger partial charge in [0, 0.05) is 25.7 Å². The molecule has 5 heteroatoms. The van der Waals surface area contributed by atoms with Gasteiger partial charge in [-0.25, -0.2) is 4.98 Å². The Bertz CT molecular complexity index is 428. The van der Waals surface area contributed by atoms with Gasteiger partial charge in [-0.3, -0.25) is 0 Å². The highest BCUT2D eigenvalue weighted by molar-refractivity contribution is 14.1. The average Bonchev–Trinajstić information content (AvgIpc) is 2.62. The molecule has 1 aromatic heterocycles. The number of nitrogens with two attached hydrogens (primary N) is 1. The van der Waals surface area contributed by atoms with E-state index >= 15 is 0 Å². The van der Waals surface area contributed by atoms with Gasteiger partial charge in [0.1, 0.15) is 0 Å². The summed E-state index contributed by atoms with van der Waals surface area (Å²) < 4.78 is 2.23. The van der Waals surface area contributed by atoms with Gasteiger partial charge in [-0.1, -0.05) is 11.8 Å². The van der Waals surface area contributed by atoms with E-state index in [1.807, 2.05) is 29.8 Å². The van der Waals surface area contributed by atoms with E-state index in [9.17, 15) is 0 Å². The summed E-state index contributed by atoms with van der Waals surface area (Å²) in [7, 11) is 0. The highest BCUT2D eigenvalue weighted by atomic mass is 127. The first-order valence-electron chi connectivity index (χ1n) is 3.88. The maximum atomic E-state index is 5.67. The average molecular weight is 334 g/mol. The van der Waals surface area contributed by atoms with Crippen LogP contribution in [0.2, 0.25) is 0 Å². The Morgan fingerprint density at radius 2 is 2.29 bits per heavy atom. The number of hydrogen-bond donors (Lipinski definition) is 1. The minimum atomic E-state index is 0.804. The molecule has 0 saturated carbocycles. The molecule has 14 heavy (non-hydrogen) atoms. The van der Waals surface area contributed by atoms with Crippen LogP contribution in [0.15, 0.2) is 39.0 Å². The fourth-order valence-corrected chi connectivity index (χ4v) is 3.41. The van der Waals surface area contributed by atoms with E-state index in [-0.39, 0.29) is 0 Å². The van der Waals surface area contributed by atoms with Gasteiger partial charge < -0.3 is 5.73 Å². The number of thiazole rings is 1. The number of anilines is 1. The van der Waals surface area contributed by atoms with Crippen LogP contribution in [0.1, 0.15) is 0 Å². The number of rotatable bonds is 2. The van der Waals surface area contributed by atoms with Crippen molar-refractivity contribution in [3.05, 3.63) is 33.3 Å². The van der Waals surface area contributed by atoms with E-state index in [1.165, 1.54) is 8.47 Å². The van der Waals surface area contributed by atoms with Gasteiger partial charge >= 0.3 is 0 Å². The van der Waals surface area contributed by atoms with Crippen molar-refractivity contribution in [2.24, 2.45) is 0 Å². The van der Waals surface area contributed by atoms with E-state index in [1.54, 1.807) is 23.1 Å². The molecule has 0 spiro atoms. The van der Waals surface area contributed by atoms with Crippen molar-refractivity contribution in [3.8, 4) is 0 Å². The third-order valence-corrected chi connectivity index (χ3v) is 4.78. The lowest BCUT2D eigenvalue weighted by molar-refractivity contribution is 1.24. The van der Waals surface area contributed by atoms with Gasteiger partial charge in [0.25, 0.3) is 0 Å².